The van der Waals surface area contributed by atoms with Gasteiger partial charge in [0, 0.05) is 137 Å². The number of carbonyl (C=O) groups excluding carboxylic acids is 6. The van der Waals surface area contributed by atoms with E-state index in [4.69, 9.17) is 89.1 Å². The van der Waals surface area contributed by atoms with E-state index in [1.165, 1.54) is 12.8 Å². The van der Waals surface area contributed by atoms with Gasteiger partial charge in [0.25, 0.3) is 0 Å². The Hall–Kier alpha value is 1.30. The Balaban J connectivity index is -0.0000000585. The van der Waals surface area contributed by atoms with Crippen molar-refractivity contribution in [1.29, 1.82) is 0 Å². The van der Waals surface area contributed by atoms with Crippen molar-refractivity contribution < 1.29 is 150 Å². The summed E-state index contributed by atoms with van der Waals surface area (Å²) in [4.78, 5) is 63.6. The van der Waals surface area contributed by atoms with Gasteiger partial charge in [0.1, 0.15) is 28.9 Å². The Morgan fingerprint density at radius 3 is 0.677 bits per heavy atom. The van der Waals surface area contributed by atoms with Crippen molar-refractivity contribution in [3.63, 3.8) is 0 Å². The number of hydrogen-bond acceptors (Lipinski definition) is 27. The fraction of sp³-hybridized carbons (Fsp3) is 0.895. The number of aliphatic hydroxyl groups is 5. The van der Waals surface area contributed by atoms with Gasteiger partial charge in [-0.15, -0.1) is 0 Å². The maximum atomic E-state index is 11.6. The topological polar surface area (TPSA) is 414 Å². The van der Waals surface area contributed by atoms with Crippen LogP contribution >= 0.6 is 95.6 Å². The van der Waals surface area contributed by atoms with Gasteiger partial charge in [0.15, 0.2) is 0 Å². The zero-order valence-electron chi connectivity index (χ0n) is 63.9. The Morgan fingerprint density at radius 1 is 0.396 bits per heavy atom. The van der Waals surface area contributed by atoms with Gasteiger partial charge in [-0.05, 0) is 170 Å². The van der Waals surface area contributed by atoms with Crippen LogP contribution in [0.1, 0.15) is 150 Å². The van der Waals surface area contributed by atoms with Crippen LogP contribution in [-0.4, -0.2) is 252 Å². The fourth-order valence-electron chi connectivity index (χ4n) is 3.70. The molecule has 0 aromatic heterocycles. The molecular weight excluding hydrogens is 1790 g/mol. The molecule has 1 aliphatic heterocycles. The molecule has 28 nitrogen and oxygen atoms in total. The quantitative estimate of drug-likeness (QED) is 0.0227. The van der Waals surface area contributed by atoms with Crippen molar-refractivity contribution in [2.24, 2.45) is 5.73 Å². The second kappa shape index (κ2) is 86.9. The monoisotopic (exact) mass is 1910 g/mol. The van der Waals surface area contributed by atoms with Gasteiger partial charge in [-0.1, -0.05) is 95.6 Å². The number of nitrogens with two attached hydrogens (primary N) is 1. The van der Waals surface area contributed by atoms with Crippen molar-refractivity contribution in [1.82, 2.24) is 10.6 Å². The van der Waals surface area contributed by atoms with Crippen LogP contribution < -0.4 is 16.4 Å². The summed E-state index contributed by atoms with van der Waals surface area (Å²) in [5.74, 6) is 0.768. The van der Waals surface area contributed by atoms with E-state index in [2.05, 4.69) is 106 Å². The number of nitrogens with one attached hydrogen (secondary N) is 2. The molecule has 0 saturated carbocycles. The van der Waals surface area contributed by atoms with Crippen molar-refractivity contribution in [2.75, 3.05) is 139 Å². The summed E-state index contributed by atoms with van der Waals surface area (Å²) < 4.78 is 83.9. The average Bonchev–Trinajstić information content (AvgIpc) is 2.23. The number of halogens is 6. The Bertz CT molecular complexity index is 1620. The first-order chi connectivity index (χ1) is 43.8. The van der Waals surface area contributed by atoms with Crippen LogP contribution in [0.2, 0.25) is 18.1 Å². The van der Waals surface area contributed by atoms with E-state index >= 15 is 0 Å². The molecule has 1 heterocycles. The number of rotatable bonds is 26. The Kier molecular flexibility index (Phi) is 121. The molecule has 0 atom stereocenters. The minimum atomic E-state index is -2.50. The molecule has 1 aliphatic rings. The van der Waals surface area contributed by atoms with E-state index in [0.717, 1.165) is 86.7 Å². The number of amides is 1. The predicted octanol–water partition coefficient (Wildman–Crippen LogP) is 9.34. The van der Waals surface area contributed by atoms with Crippen LogP contribution in [0.25, 0.3) is 0 Å². The maximum absolute atomic E-state index is 11.6. The second-order valence-corrected chi connectivity index (χ2v) is 42.1. The van der Waals surface area contributed by atoms with Crippen molar-refractivity contribution in [3.8, 4) is 0 Å². The molecular formula is C57H131Br6N3O25Si3Ti2. The summed E-state index contributed by atoms with van der Waals surface area (Å²) in [6.45, 7) is 33.9. The SMILES string of the molecule is C1CCOC1.CC(=O)C(C)(C)Br.CC(=O)C(C)(C)Br.CC(=O)C(C)(C)Br.CC(=O)C(C)(C)Br.CC(=O)C(C)(C)Br.CNCCC[Si](OC)(OC)OC.CO.CO.CO.CO.CO.CO[Si](CCCN)(OC)OC.CO[Si](CCCNC(=O)C(C)(C)Br)(OC)OC.[O]=[Ti]=[O].[O]=[Ti]=[O]. The van der Waals surface area contributed by atoms with Gasteiger partial charge in [-0.3, -0.25) is 28.8 Å². The molecule has 0 aliphatic carbocycles. The number of ketones is 5. The number of carbonyl (C=O) groups is 6. The fourth-order valence-corrected chi connectivity index (χ4v) is 9.03. The summed E-state index contributed by atoms with van der Waals surface area (Å²) in [6, 6.07) is 2.32. The van der Waals surface area contributed by atoms with Crippen LogP contribution in [0.4, 0.5) is 0 Å². The van der Waals surface area contributed by atoms with Gasteiger partial charge in [-0.25, -0.2) is 0 Å². The zero-order valence-corrected chi connectivity index (χ0v) is 79.6. The molecule has 1 fully saturated rings. The van der Waals surface area contributed by atoms with E-state index in [1.54, 1.807) is 112 Å². The molecule has 0 spiro atoms. The van der Waals surface area contributed by atoms with Crippen molar-refractivity contribution >= 4 is 157 Å². The number of hydrogen-bond donors (Lipinski definition) is 8. The summed E-state index contributed by atoms with van der Waals surface area (Å²) in [5.41, 5.74) is 5.36. The van der Waals surface area contributed by atoms with E-state index in [0.29, 0.717) is 19.1 Å². The molecule has 9 N–H and O–H groups in total. The standard InChI is InChI=1S/C10H22BrNO4Si.C7H19NO3Si.C6H17NO3Si.5C5H9BrO.C4H8O.5CH4O.4O.2Ti/c1-10(2,11)9(13)12-7-6-8-17(14-3,15-4)16-5;1-8-6-5-7-12(9-2,10-3)11-4;1-8-11(9-2,10-3)6-4-5-7;5*1-4(7)5(2,3)6;1-2-4-5-3-1;5*1-2;;;;;;/h6-8H2,1-5H3,(H,12,13);8H,5-7H2,1-4H3;4-7H2,1-3H3;5*1-3H3;1-4H2;5*2H,1H3;;;;;;. The molecule has 0 radical (unpaired) electrons. The first-order valence-electron chi connectivity index (χ1n) is 28.9. The third-order valence-electron chi connectivity index (χ3n) is 10.9. The first kappa shape index (κ1) is 133. The third-order valence-corrected chi connectivity index (χ3v) is 22.5. The Morgan fingerprint density at radius 2 is 0.562 bits per heavy atom. The Labute approximate surface area is 650 Å². The van der Waals surface area contributed by atoms with Gasteiger partial charge >= 0.3 is 77.9 Å². The summed E-state index contributed by atoms with van der Waals surface area (Å²) >= 11 is 15.3. The second-order valence-electron chi connectivity index (χ2n) is 20.4. The number of aliphatic hydroxyl groups excluding tert-OH is 5. The van der Waals surface area contributed by atoms with Crippen molar-refractivity contribution in [2.45, 2.75) is 194 Å². The van der Waals surface area contributed by atoms with E-state index < -0.39 is 68.9 Å². The van der Waals surface area contributed by atoms with Gasteiger partial charge in [-0.2, -0.15) is 0 Å². The van der Waals surface area contributed by atoms with E-state index in [1.807, 2.05) is 76.3 Å². The van der Waals surface area contributed by atoms with Crippen LogP contribution in [0.3, 0.4) is 0 Å². The van der Waals surface area contributed by atoms with Crippen LogP contribution in [0.15, 0.2) is 0 Å². The first-order valence-corrected chi connectivity index (χ1v) is 42.0. The molecule has 0 unspecified atom stereocenters. The molecule has 0 aromatic carbocycles. The van der Waals surface area contributed by atoms with Crippen LogP contribution in [0, 0.1) is 0 Å². The molecule has 1 rings (SSSR count). The number of Topliss-reactive ketones (excluding diaryl/α,β-unsaturated/α-hetero) is 5. The molecule has 0 aromatic rings. The zero-order chi connectivity index (χ0) is 81.1. The van der Waals surface area contributed by atoms with Crippen molar-refractivity contribution in [3.05, 3.63) is 0 Å². The molecule has 39 heteroatoms. The third kappa shape index (κ3) is 109. The van der Waals surface area contributed by atoms with E-state index in [-0.39, 0.29) is 56.4 Å². The average molecular weight is 1920 g/mol. The molecule has 1 amide bonds. The summed E-state index contributed by atoms with van der Waals surface area (Å²) in [5, 5.41) is 40.9. The van der Waals surface area contributed by atoms with Crippen LogP contribution in [-0.2, 0) is 125 Å². The molecule has 586 valence electrons. The van der Waals surface area contributed by atoms with Gasteiger partial charge < -0.3 is 86.5 Å². The molecule has 1 saturated heterocycles. The summed E-state index contributed by atoms with van der Waals surface area (Å²) in [7, 11) is 14.3. The van der Waals surface area contributed by atoms with E-state index in [9.17, 15) is 28.8 Å². The molecule has 0 bridgehead atoms. The predicted molar refractivity (Wildman–Crippen MR) is 400 cm³/mol. The van der Waals surface area contributed by atoms with Gasteiger partial charge in [0.05, 0.1) is 25.9 Å². The van der Waals surface area contributed by atoms with Gasteiger partial charge in [0.2, 0.25) is 5.91 Å². The summed E-state index contributed by atoms with van der Waals surface area (Å²) in [6.07, 6.45) is 5.20. The van der Waals surface area contributed by atoms with Crippen LogP contribution in [0.5, 0.6) is 0 Å². The minimum absolute atomic E-state index is 0.0305. The number of ether oxygens (including phenoxy) is 1. The number of alkyl halides is 6. The normalized spacial score (nSPS) is 11.0. The molecule has 96 heavy (non-hydrogen) atoms.